The van der Waals surface area contributed by atoms with Crippen LogP contribution >= 0.6 is 0 Å². The van der Waals surface area contributed by atoms with Crippen molar-refractivity contribution in [1.29, 1.82) is 0 Å². The van der Waals surface area contributed by atoms with Crippen LogP contribution in [-0.4, -0.2) is 31.6 Å². The van der Waals surface area contributed by atoms with E-state index < -0.39 is 5.76 Å². The van der Waals surface area contributed by atoms with E-state index in [1.807, 2.05) is 62.4 Å². The Morgan fingerprint density at radius 1 is 1.10 bits per heavy atom. The van der Waals surface area contributed by atoms with Gasteiger partial charge in [-0.2, -0.15) is 0 Å². The average Bonchev–Trinajstić information content (AvgIpc) is 3.69. The van der Waals surface area contributed by atoms with E-state index in [1.165, 1.54) is 0 Å². The largest absolute Gasteiger partial charge is 0.439 e. The normalized spacial score (nSPS) is 13.1. The molecule has 2 N–H and O–H groups in total. The summed E-state index contributed by atoms with van der Waals surface area (Å²) in [6.45, 7) is 6.32. The number of aromatic nitrogens is 4. The van der Waals surface area contributed by atoms with E-state index in [2.05, 4.69) is 22.4 Å². The molecule has 1 fully saturated rings. The molecule has 2 heterocycles. The fraction of sp³-hybridized carbons (Fsp3) is 0.387. The van der Waals surface area contributed by atoms with Crippen LogP contribution in [0, 0.1) is 0 Å². The van der Waals surface area contributed by atoms with E-state index in [1.54, 1.807) is 4.57 Å². The molecule has 1 aliphatic rings. The number of nitrogens with one attached hydrogen (secondary N) is 2. The predicted molar refractivity (Wildman–Crippen MR) is 153 cm³/mol. The van der Waals surface area contributed by atoms with Crippen LogP contribution in [0.2, 0.25) is 0 Å². The van der Waals surface area contributed by atoms with Crippen molar-refractivity contribution >= 4 is 5.91 Å². The summed E-state index contributed by atoms with van der Waals surface area (Å²) in [5, 5.41) is 6.76. The van der Waals surface area contributed by atoms with Gasteiger partial charge in [-0.1, -0.05) is 67.0 Å². The number of aryl methyl sites for hydroxylation is 1. The number of nitrogens with zero attached hydrogens (tertiary/aromatic N) is 3. The molecule has 0 atom stereocenters. The number of unbranched alkanes of at least 4 members (excludes halogenated alkanes) is 1. The SMILES string of the molecule is CCCCc1nc(C2CC2)c(CC(=O)NC(C)C)c(=O)n1Cc1ccc(-c2ccccc2-c2noc(=O)[nH]2)cc1. The van der Waals surface area contributed by atoms with Crippen molar-refractivity contribution in [3.8, 4) is 22.5 Å². The van der Waals surface area contributed by atoms with Gasteiger partial charge in [0.2, 0.25) is 5.91 Å². The number of carbonyl (C=O) groups excluding carboxylic acids is 1. The highest BCUT2D eigenvalue weighted by Crippen LogP contribution is 2.40. The van der Waals surface area contributed by atoms with Crippen LogP contribution < -0.4 is 16.6 Å². The van der Waals surface area contributed by atoms with Gasteiger partial charge in [-0.05, 0) is 49.8 Å². The molecule has 208 valence electrons. The highest BCUT2D eigenvalue weighted by atomic mass is 16.5. The Labute approximate surface area is 232 Å². The van der Waals surface area contributed by atoms with Crippen LogP contribution in [0.1, 0.15) is 75.0 Å². The second-order valence-electron chi connectivity index (χ2n) is 10.7. The number of carbonyl (C=O) groups is 1. The van der Waals surface area contributed by atoms with Gasteiger partial charge in [0.1, 0.15) is 5.82 Å². The number of H-pyrrole nitrogens is 1. The van der Waals surface area contributed by atoms with E-state index in [4.69, 9.17) is 9.51 Å². The van der Waals surface area contributed by atoms with Crippen molar-refractivity contribution in [2.45, 2.75) is 77.8 Å². The minimum Gasteiger partial charge on any atom is -0.354 e. The van der Waals surface area contributed by atoms with Gasteiger partial charge in [0.25, 0.3) is 5.56 Å². The fourth-order valence-corrected chi connectivity index (χ4v) is 5.00. The topological polar surface area (TPSA) is 123 Å². The van der Waals surface area contributed by atoms with E-state index in [-0.39, 0.29) is 29.8 Å². The van der Waals surface area contributed by atoms with E-state index >= 15 is 0 Å². The highest BCUT2D eigenvalue weighted by Gasteiger charge is 2.31. The monoisotopic (exact) mass is 541 g/mol. The number of hydrogen-bond acceptors (Lipinski definition) is 6. The lowest BCUT2D eigenvalue weighted by atomic mass is 9.98. The minimum atomic E-state index is -0.605. The summed E-state index contributed by atoms with van der Waals surface area (Å²) in [6, 6.07) is 15.6. The lowest BCUT2D eigenvalue weighted by Crippen LogP contribution is -2.36. The number of rotatable bonds is 11. The minimum absolute atomic E-state index is 0.00377. The molecule has 0 bridgehead atoms. The maximum Gasteiger partial charge on any atom is 0.439 e. The smallest absolute Gasteiger partial charge is 0.354 e. The van der Waals surface area contributed by atoms with E-state index in [0.717, 1.165) is 59.5 Å². The van der Waals surface area contributed by atoms with E-state index in [0.29, 0.717) is 24.4 Å². The third-order valence-electron chi connectivity index (χ3n) is 7.11. The molecule has 4 aromatic rings. The zero-order valence-electron chi connectivity index (χ0n) is 23.2. The average molecular weight is 542 g/mol. The maximum atomic E-state index is 13.9. The Bertz CT molecular complexity index is 1610. The van der Waals surface area contributed by atoms with Crippen LogP contribution in [0.5, 0.6) is 0 Å². The molecule has 1 amide bonds. The molecule has 0 unspecified atom stereocenters. The summed E-state index contributed by atoms with van der Waals surface area (Å²) in [5.74, 6) is 0.661. The van der Waals surface area contributed by atoms with Gasteiger partial charge >= 0.3 is 5.76 Å². The van der Waals surface area contributed by atoms with Crippen molar-refractivity contribution in [2.75, 3.05) is 0 Å². The van der Waals surface area contributed by atoms with Gasteiger partial charge in [-0.25, -0.2) is 9.78 Å². The van der Waals surface area contributed by atoms with Crippen LogP contribution in [0.4, 0.5) is 0 Å². The first-order valence-corrected chi connectivity index (χ1v) is 14.0. The number of aromatic amines is 1. The molecule has 9 heteroatoms. The van der Waals surface area contributed by atoms with Gasteiger partial charge in [-0.3, -0.25) is 23.7 Å². The summed E-state index contributed by atoms with van der Waals surface area (Å²) in [5.41, 5.74) is 4.75. The number of amides is 1. The summed E-state index contributed by atoms with van der Waals surface area (Å²) in [7, 11) is 0. The number of benzene rings is 2. The van der Waals surface area contributed by atoms with Crippen LogP contribution in [0.15, 0.2) is 62.6 Å². The van der Waals surface area contributed by atoms with Crippen molar-refractivity contribution in [3.05, 3.63) is 92.1 Å². The summed E-state index contributed by atoms with van der Waals surface area (Å²) >= 11 is 0. The first-order valence-electron chi connectivity index (χ1n) is 14.0. The lowest BCUT2D eigenvalue weighted by Gasteiger charge is -2.18. The molecule has 5 rings (SSSR count). The Morgan fingerprint density at radius 2 is 1.82 bits per heavy atom. The van der Waals surface area contributed by atoms with Crippen LogP contribution in [-0.2, 0) is 24.2 Å². The van der Waals surface area contributed by atoms with Gasteiger partial charge in [-0.15, -0.1) is 0 Å². The molecule has 1 aliphatic carbocycles. The zero-order valence-corrected chi connectivity index (χ0v) is 23.2. The molecule has 0 spiro atoms. The summed E-state index contributed by atoms with van der Waals surface area (Å²) < 4.78 is 6.45. The molecule has 40 heavy (non-hydrogen) atoms. The third kappa shape index (κ3) is 6.14. The van der Waals surface area contributed by atoms with Gasteiger partial charge in [0, 0.05) is 29.5 Å². The van der Waals surface area contributed by atoms with Gasteiger partial charge in [0.15, 0.2) is 5.82 Å². The Hall–Kier alpha value is -4.27. The Morgan fingerprint density at radius 3 is 2.45 bits per heavy atom. The molecule has 2 aromatic heterocycles. The molecule has 0 aliphatic heterocycles. The molecule has 0 saturated heterocycles. The number of hydrogen-bond donors (Lipinski definition) is 2. The predicted octanol–water partition coefficient (Wildman–Crippen LogP) is 4.59. The second-order valence-corrected chi connectivity index (χ2v) is 10.7. The summed E-state index contributed by atoms with van der Waals surface area (Å²) in [4.78, 5) is 45.7. The fourth-order valence-electron chi connectivity index (χ4n) is 5.00. The van der Waals surface area contributed by atoms with Gasteiger partial charge < -0.3 is 5.32 Å². The molecular formula is C31H35N5O4. The first-order chi connectivity index (χ1) is 19.3. The molecule has 9 nitrogen and oxygen atoms in total. The second kappa shape index (κ2) is 11.9. The lowest BCUT2D eigenvalue weighted by molar-refractivity contribution is -0.120. The molecule has 2 aromatic carbocycles. The van der Waals surface area contributed by atoms with Crippen molar-refractivity contribution in [1.82, 2.24) is 25.0 Å². The van der Waals surface area contributed by atoms with Crippen molar-refractivity contribution in [3.63, 3.8) is 0 Å². The quantitative estimate of drug-likeness (QED) is 0.286. The molecule has 0 radical (unpaired) electrons. The summed E-state index contributed by atoms with van der Waals surface area (Å²) in [6.07, 6.45) is 4.71. The standard InChI is InChI=1S/C31H35N5O4/c1-4-5-10-26-33-28(22-15-16-22)25(17-27(37)32-19(2)3)30(38)36(26)18-20-11-13-21(14-12-20)23-8-6-7-9-24(23)29-34-31(39)40-35-29/h6-9,11-14,19,22H,4-5,10,15-18H2,1-3H3,(H,32,37)(H,34,35,39). The van der Waals surface area contributed by atoms with E-state index in [9.17, 15) is 14.4 Å². The molecular weight excluding hydrogens is 506 g/mol. The Kier molecular flexibility index (Phi) is 8.09. The van der Waals surface area contributed by atoms with Crippen molar-refractivity contribution in [2.24, 2.45) is 0 Å². The maximum absolute atomic E-state index is 13.9. The Balaban J connectivity index is 1.48. The van der Waals surface area contributed by atoms with Crippen molar-refractivity contribution < 1.29 is 9.32 Å². The van der Waals surface area contributed by atoms with Crippen LogP contribution in [0.3, 0.4) is 0 Å². The highest BCUT2D eigenvalue weighted by molar-refractivity contribution is 5.80. The first kappa shape index (κ1) is 27.3. The van der Waals surface area contributed by atoms with Gasteiger partial charge in [0.05, 0.1) is 18.7 Å². The molecule has 1 saturated carbocycles. The van der Waals surface area contributed by atoms with Crippen LogP contribution in [0.25, 0.3) is 22.5 Å². The third-order valence-corrected chi connectivity index (χ3v) is 7.11. The zero-order chi connectivity index (χ0) is 28.2.